The SMILES string of the molecule is CN=C(N)c1cc(=O)c2cccc(N)c2o1. The molecular weight excluding hydrogens is 206 g/mol. The number of para-hydroxylation sites is 1. The van der Waals surface area contributed by atoms with Gasteiger partial charge in [-0.1, -0.05) is 6.07 Å². The van der Waals surface area contributed by atoms with Crippen molar-refractivity contribution in [3.63, 3.8) is 0 Å². The number of hydrogen-bond donors (Lipinski definition) is 2. The number of rotatable bonds is 1. The Kier molecular flexibility index (Phi) is 2.36. The first kappa shape index (κ1) is 10.2. The molecule has 82 valence electrons. The monoisotopic (exact) mass is 217 g/mol. The van der Waals surface area contributed by atoms with Gasteiger partial charge in [0.25, 0.3) is 0 Å². The van der Waals surface area contributed by atoms with Crippen LogP contribution in [0.4, 0.5) is 5.69 Å². The Morgan fingerprint density at radius 2 is 2.19 bits per heavy atom. The Morgan fingerprint density at radius 3 is 2.88 bits per heavy atom. The molecule has 16 heavy (non-hydrogen) atoms. The summed E-state index contributed by atoms with van der Waals surface area (Å²) in [5.74, 6) is 0.403. The van der Waals surface area contributed by atoms with Crippen LogP contribution in [0.25, 0.3) is 11.0 Å². The summed E-state index contributed by atoms with van der Waals surface area (Å²) >= 11 is 0. The fourth-order valence-electron chi connectivity index (χ4n) is 1.44. The zero-order valence-electron chi connectivity index (χ0n) is 8.73. The molecule has 0 aliphatic rings. The van der Waals surface area contributed by atoms with Gasteiger partial charge in [0, 0.05) is 13.1 Å². The number of nitrogens with zero attached hydrogens (tertiary/aromatic N) is 1. The molecule has 0 bridgehead atoms. The van der Waals surface area contributed by atoms with Crippen LogP contribution >= 0.6 is 0 Å². The Hall–Kier alpha value is -2.30. The van der Waals surface area contributed by atoms with Crippen LogP contribution in [0.5, 0.6) is 0 Å². The molecule has 0 spiro atoms. The van der Waals surface area contributed by atoms with Crippen LogP contribution in [0.2, 0.25) is 0 Å². The van der Waals surface area contributed by atoms with Crippen molar-refractivity contribution in [2.45, 2.75) is 0 Å². The second-order valence-electron chi connectivity index (χ2n) is 3.31. The highest BCUT2D eigenvalue weighted by atomic mass is 16.3. The minimum atomic E-state index is -0.185. The molecule has 5 nitrogen and oxygen atoms in total. The number of hydrogen-bond acceptors (Lipinski definition) is 4. The highest BCUT2D eigenvalue weighted by Crippen LogP contribution is 2.18. The standard InChI is InChI=1S/C11H11N3O2/c1-14-11(13)9-5-8(15)6-3-2-4-7(12)10(6)16-9/h2-5H,12H2,1H3,(H2,13,14). The number of nitrogen functional groups attached to an aromatic ring is 1. The number of benzene rings is 1. The lowest BCUT2D eigenvalue weighted by atomic mass is 10.2. The molecule has 0 aliphatic carbocycles. The van der Waals surface area contributed by atoms with E-state index in [4.69, 9.17) is 15.9 Å². The smallest absolute Gasteiger partial charge is 0.193 e. The van der Waals surface area contributed by atoms with Crippen molar-refractivity contribution in [2.75, 3.05) is 12.8 Å². The number of amidine groups is 1. The number of nitrogens with two attached hydrogens (primary N) is 2. The van der Waals surface area contributed by atoms with Crippen molar-refractivity contribution in [2.24, 2.45) is 10.7 Å². The van der Waals surface area contributed by atoms with E-state index in [1.54, 1.807) is 18.2 Å². The quantitative estimate of drug-likeness (QED) is 0.418. The largest absolute Gasteiger partial charge is 0.450 e. The molecule has 2 rings (SSSR count). The van der Waals surface area contributed by atoms with Gasteiger partial charge in [0.1, 0.15) is 0 Å². The van der Waals surface area contributed by atoms with Crippen LogP contribution in [-0.4, -0.2) is 12.9 Å². The second kappa shape index (κ2) is 3.69. The fourth-order valence-corrected chi connectivity index (χ4v) is 1.44. The predicted octanol–water partition coefficient (Wildman–Crippen LogP) is 0.710. The topological polar surface area (TPSA) is 94.6 Å². The zero-order chi connectivity index (χ0) is 11.7. The number of aliphatic imine (C=N–C) groups is 1. The minimum Gasteiger partial charge on any atom is -0.450 e. The molecule has 5 heteroatoms. The normalized spacial score (nSPS) is 11.9. The first-order valence-electron chi connectivity index (χ1n) is 4.68. The van der Waals surface area contributed by atoms with Gasteiger partial charge in [-0.3, -0.25) is 9.79 Å². The predicted molar refractivity (Wildman–Crippen MR) is 63.5 cm³/mol. The van der Waals surface area contributed by atoms with Gasteiger partial charge in [-0.25, -0.2) is 0 Å². The first-order chi connectivity index (χ1) is 7.63. The maximum atomic E-state index is 11.7. The molecule has 0 unspecified atom stereocenters. The van der Waals surface area contributed by atoms with Gasteiger partial charge in [-0.15, -0.1) is 0 Å². The van der Waals surface area contributed by atoms with E-state index in [1.807, 2.05) is 0 Å². The average molecular weight is 217 g/mol. The lowest BCUT2D eigenvalue weighted by molar-refractivity contribution is 0.591. The molecular formula is C11H11N3O2. The molecule has 0 amide bonds. The maximum Gasteiger partial charge on any atom is 0.193 e. The van der Waals surface area contributed by atoms with Crippen LogP contribution in [0, 0.1) is 0 Å². The molecule has 2 aromatic rings. The lowest BCUT2D eigenvalue weighted by Gasteiger charge is -2.03. The van der Waals surface area contributed by atoms with Crippen molar-refractivity contribution in [1.29, 1.82) is 0 Å². The van der Waals surface area contributed by atoms with E-state index >= 15 is 0 Å². The van der Waals surface area contributed by atoms with E-state index < -0.39 is 0 Å². The number of anilines is 1. The average Bonchev–Trinajstić information content (AvgIpc) is 2.29. The molecule has 4 N–H and O–H groups in total. The molecule has 0 radical (unpaired) electrons. The molecule has 0 aliphatic heterocycles. The molecule has 0 atom stereocenters. The van der Waals surface area contributed by atoms with E-state index in [0.717, 1.165) is 0 Å². The Bertz CT molecular complexity index is 629. The first-order valence-corrected chi connectivity index (χ1v) is 4.68. The summed E-state index contributed by atoms with van der Waals surface area (Å²) in [6, 6.07) is 6.32. The molecule has 1 aromatic heterocycles. The second-order valence-corrected chi connectivity index (χ2v) is 3.31. The molecule has 1 heterocycles. The third-order valence-corrected chi connectivity index (χ3v) is 2.28. The lowest BCUT2D eigenvalue weighted by Crippen LogP contribution is -2.16. The van der Waals surface area contributed by atoms with Crippen molar-refractivity contribution >= 4 is 22.5 Å². The van der Waals surface area contributed by atoms with E-state index in [2.05, 4.69) is 4.99 Å². The summed E-state index contributed by atoms with van der Waals surface area (Å²) in [6.07, 6.45) is 0. The molecule has 1 aromatic carbocycles. The van der Waals surface area contributed by atoms with Crippen LogP contribution in [0.1, 0.15) is 5.76 Å². The van der Waals surface area contributed by atoms with Crippen LogP contribution < -0.4 is 16.9 Å². The summed E-state index contributed by atoms with van der Waals surface area (Å²) in [7, 11) is 1.52. The van der Waals surface area contributed by atoms with Gasteiger partial charge >= 0.3 is 0 Å². The van der Waals surface area contributed by atoms with Gasteiger partial charge < -0.3 is 15.9 Å². The summed E-state index contributed by atoms with van der Waals surface area (Å²) < 4.78 is 5.45. The van der Waals surface area contributed by atoms with Crippen molar-refractivity contribution < 1.29 is 4.42 Å². The Morgan fingerprint density at radius 1 is 1.44 bits per heavy atom. The highest BCUT2D eigenvalue weighted by molar-refractivity contribution is 5.97. The Labute approximate surface area is 91.4 Å². The van der Waals surface area contributed by atoms with Crippen LogP contribution in [0.15, 0.2) is 38.5 Å². The van der Waals surface area contributed by atoms with E-state index in [0.29, 0.717) is 16.7 Å². The summed E-state index contributed by atoms with van der Waals surface area (Å²) in [6.45, 7) is 0. The molecule has 0 saturated heterocycles. The van der Waals surface area contributed by atoms with E-state index in [-0.39, 0.29) is 17.0 Å². The molecule has 0 fully saturated rings. The van der Waals surface area contributed by atoms with Gasteiger partial charge in [-0.05, 0) is 12.1 Å². The van der Waals surface area contributed by atoms with Crippen LogP contribution in [0.3, 0.4) is 0 Å². The van der Waals surface area contributed by atoms with Crippen molar-refractivity contribution in [1.82, 2.24) is 0 Å². The van der Waals surface area contributed by atoms with Gasteiger partial charge in [0.05, 0.1) is 11.1 Å². The van der Waals surface area contributed by atoms with Gasteiger partial charge in [0.2, 0.25) is 0 Å². The Balaban J connectivity index is 2.86. The van der Waals surface area contributed by atoms with E-state index in [1.165, 1.54) is 13.1 Å². The van der Waals surface area contributed by atoms with Gasteiger partial charge in [-0.2, -0.15) is 0 Å². The van der Waals surface area contributed by atoms with Gasteiger partial charge in [0.15, 0.2) is 22.6 Å². The van der Waals surface area contributed by atoms with E-state index in [9.17, 15) is 4.79 Å². The number of fused-ring (bicyclic) bond motifs is 1. The summed E-state index contributed by atoms with van der Waals surface area (Å²) in [4.78, 5) is 15.5. The third kappa shape index (κ3) is 1.52. The third-order valence-electron chi connectivity index (χ3n) is 2.28. The minimum absolute atomic E-state index is 0.169. The maximum absolute atomic E-state index is 11.7. The fraction of sp³-hybridized carbons (Fsp3) is 0.0909. The molecule has 0 saturated carbocycles. The highest BCUT2D eigenvalue weighted by Gasteiger charge is 2.08. The summed E-state index contributed by atoms with van der Waals surface area (Å²) in [5, 5.41) is 0.438. The van der Waals surface area contributed by atoms with Crippen LogP contribution in [-0.2, 0) is 0 Å². The zero-order valence-corrected chi connectivity index (χ0v) is 8.73. The van der Waals surface area contributed by atoms with Crippen molar-refractivity contribution in [3.05, 3.63) is 40.2 Å². The summed E-state index contributed by atoms with van der Waals surface area (Å²) in [5.41, 5.74) is 11.9. The van der Waals surface area contributed by atoms with Crippen molar-refractivity contribution in [3.8, 4) is 0 Å².